The van der Waals surface area contributed by atoms with Crippen molar-refractivity contribution in [2.75, 3.05) is 7.11 Å². The number of imidazole rings is 1. The summed E-state index contributed by atoms with van der Waals surface area (Å²) in [6, 6.07) is 0. The van der Waals surface area contributed by atoms with E-state index in [1.807, 2.05) is 24.6 Å². The first-order valence-electron chi connectivity index (χ1n) is 4.82. The highest BCUT2D eigenvalue weighted by Crippen LogP contribution is 2.14. The van der Waals surface area contributed by atoms with Crippen molar-refractivity contribution in [2.45, 2.75) is 32.4 Å². The summed E-state index contributed by atoms with van der Waals surface area (Å²) in [5.41, 5.74) is 5.41. The van der Waals surface area contributed by atoms with Crippen molar-refractivity contribution >= 4 is 17.2 Å². The van der Waals surface area contributed by atoms with Gasteiger partial charge in [-0.15, -0.1) is 0 Å². The number of ether oxygens (including phenoxy) is 1. The molecule has 1 heterocycles. The van der Waals surface area contributed by atoms with Crippen molar-refractivity contribution in [3.63, 3.8) is 0 Å². The molecule has 5 heteroatoms. The second kappa shape index (κ2) is 4.72. The van der Waals surface area contributed by atoms with Gasteiger partial charge in [-0.2, -0.15) is 0 Å². The van der Waals surface area contributed by atoms with Gasteiger partial charge in [0.15, 0.2) is 5.82 Å². The van der Waals surface area contributed by atoms with Gasteiger partial charge in [0, 0.05) is 26.0 Å². The Balaban J connectivity index is 2.65. The maximum Gasteiger partial charge on any atom is 0.167 e. The molecule has 15 heavy (non-hydrogen) atoms. The van der Waals surface area contributed by atoms with Crippen LogP contribution in [0, 0.1) is 0 Å². The second-order valence-corrected chi connectivity index (χ2v) is 4.46. The Bertz CT molecular complexity index is 346. The molecule has 0 fully saturated rings. The van der Waals surface area contributed by atoms with Crippen LogP contribution in [-0.2, 0) is 11.3 Å². The van der Waals surface area contributed by atoms with Crippen LogP contribution in [0.1, 0.15) is 26.1 Å². The van der Waals surface area contributed by atoms with Gasteiger partial charge in [0.1, 0.15) is 4.99 Å². The molecule has 0 saturated heterocycles. The van der Waals surface area contributed by atoms with Crippen molar-refractivity contribution in [3.8, 4) is 0 Å². The highest BCUT2D eigenvalue weighted by molar-refractivity contribution is 7.80. The van der Waals surface area contributed by atoms with Crippen LogP contribution in [0.15, 0.2) is 12.4 Å². The molecule has 0 aliphatic rings. The van der Waals surface area contributed by atoms with Crippen molar-refractivity contribution in [1.82, 2.24) is 9.55 Å². The molecule has 4 nitrogen and oxygen atoms in total. The standard InChI is InChI=1S/C10H17N3OS/c1-10(2,14-3)4-6-13-7-5-12-9(13)8(11)15/h5,7H,4,6H2,1-3H3,(H2,11,15). The van der Waals surface area contributed by atoms with E-state index in [1.54, 1.807) is 13.3 Å². The molecular weight excluding hydrogens is 210 g/mol. The van der Waals surface area contributed by atoms with Crippen molar-refractivity contribution in [1.29, 1.82) is 0 Å². The number of rotatable bonds is 5. The first kappa shape index (κ1) is 12.1. The first-order valence-corrected chi connectivity index (χ1v) is 5.23. The molecule has 0 bridgehead atoms. The highest BCUT2D eigenvalue weighted by Gasteiger charge is 2.17. The third kappa shape index (κ3) is 3.28. The molecule has 1 rings (SSSR count). The van der Waals surface area contributed by atoms with E-state index in [0.717, 1.165) is 13.0 Å². The molecular formula is C10H17N3OS. The SMILES string of the molecule is COC(C)(C)CCn1ccnc1C(N)=S. The van der Waals surface area contributed by atoms with Crippen LogP contribution < -0.4 is 5.73 Å². The average molecular weight is 227 g/mol. The Morgan fingerprint density at radius 2 is 2.33 bits per heavy atom. The van der Waals surface area contributed by atoms with Crippen LogP contribution in [0.3, 0.4) is 0 Å². The van der Waals surface area contributed by atoms with Gasteiger partial charge < -0.3 is 15.0 Å². The molecule has 1 aromatic heterocycles. The lowest BCUT2D eigenvalue weighted by Gasteiger charge is -2.23. The largest absolute Gasteiger partial charge is 0.387 e. The molecule has 0 saturated carbocycles. The summed E-state index contributed by atoms with van der Waals surface area (Å²) in [5.74, 6) is 0.664. The number of hydrogen-bond donors (Lipinski definition) is 1. The quantitative estimate of drug-likeness (QED) is 0.771. The Hall–Kier alpha value is -0.940. The summed E-state index contributed by atoms with van der Waals surface area (Å²) < 4.78 is 7.29. The molecule has 0 aliphatic carbocycles. The van der Waals surface area contributed by atoms with Crippen molar-refractivity contribution in [3.05, 3.63) is 18.2 Å². The topological polar surface area (TPSA) is 53.1 Å². The molecule has 0 aliphatic heterocycles. The lowest BCUT2D eigenvalue weighted by molar-refractivity contribution is 0.0120. The molecule has 0 aromatic carbocycles. The van der Waals surface area contributed by atoms with Gasteiger partial charge >= 0.3 is 0 Å². The average Bonchev–Trinajstić information content (AvgIpc) is 2.63. The monoisotopic (exact) mass is 227 g/mol. The molecule has 0 unspecified atom stereocenters. The lowest BCUT2D eigenvalue weighted by atomic mass is 10.1. The molecule has 0 atom stereocenters. The van der Waals surface area contributed by atoms with E-state index in [0.29, 0.717) is 10.8 Å². The summed E-state index contributed by atoms with van der Waals surface area (Å²) in [5, 5.41) is 0. The maximum atomic E-state index is 5.55. The van der Waals surface area contributed by atoms with Crippen molar-refractivity contribution < 1.29 is 4.74 Å². The number of nitrogens with two attached hydrogens (primary N) is 1. The van der Waals surface area contributed by atoms with E-state index in [9.17, 15) is 0 Å². The van der Waals surface area contributed by atoms with Gasteiger partial charge in [-0.3, -0.25) is 0 Å². The summed E-state index contributed by atoms with van der Waals surface area (Å²) >= 11 is 4.90. The third-order valence-electron chi connectivity index (χ3n) is 2.44. The number of aryl methyl sites for hydroxylation is 1. The minimum Gasteiger partial charge on any atom is -0.387 e. The fraction of sp³-hybridized carbons (Fsp3) is 0.600. The minimum atomic E-state index is -0.141. The molecule has 84 valence electrons. The highest BCUT2D eigenvalue weighted by atomic mass is 32.1. The number of thiocarbonyl (C=S) groups is 1. The Morgan fingerprint density at radius 1 is 1.67 bits per heavy atom. The zero-order valence-corrected chi connectivity index (χ0v) is 10.2. The van der Waals surface area contributed by atoms with E-state index in [1.165, 1.54) is 0 Å². The Labute approximate surface area is 95.4 Å². The minimum absolute atomic E-state index is 0.141. The van der Waals surface area contributed by atoms with E-state index in [-0.39, 0.29) is 5.60 Å². The van der Waals surface area contributed by atoms with E-state index >= 15 is 0 Å². The first-order chi connectivity index (χ1) is 6.96. The lowest BCUT2D eigenvalue weighted by Crippen LogP contribution is -2.26. The summed E-state index contributed by atoms with van der Waals surface area (Å²) in [7, 11) is 1.71. The number of nitrogens with zero attached hydrogens (tertiary/aromatic N) is 2. The van der Waals surface area contributed by atoms with E-state index < -0.39 is 0 Å². The third-order valence-corrected chi connectivity index (χ3v) is 2.63. The fourth-order valence-corrected chi connectivity index (χ4v) is 1.38. The second-order valence-electron chi connectivity index (χ2n) is 4.02. The van der Waals surface area contributed by atoms with Crippen LogP contribution in [0.25, 0.3) is 0 Å². The van der Waals surface area contributed by atoms with Gasteiger partial charge in [0.2, 0.25) is 0 Å². The smallest absolute Gasteiger partial charge is 0.167 e. The van der Waals surface area contributed by atoms with Crippen LogP contribution in [-0.4, -0.2) is 27.3 Å². The number of hydrogen-bond acceptors (Lipinski definition) is 3. The van der Waals surface area contributed by atoms with Crippen LogP contribution in [0.2, 0.25) is 0 Å². The van der Waals surface area contributed by atoms with E-state index in [4.69, 9.17) is 22.7 Å². The van der Waals surface area contributed by atoms with E-state index in [2.05, 4.69) is 4.98 Å². The predicted molar refractivity (Wildman–Crippen MR) is 63.8 cm³/mol. The zero-order chi connectivity index (χ0) is 11.5. The summed E-state index contributed by atoms with van der Waals surface area (Å²) in [6.45, 7) is 4.89. The zero-order valence-electron chi connectivity index (χ0n) is 9.36. The van der Waals surface area contributed by atoms with Gasteiger partial charge in [0.25, 0.3) is 0 Å². The molecule has 1 aromatic rings. The van der Waals surface area contributed by atoms with Gasteiger partial charge in [0.05, 0.1) is 5.60 Å². The summed E-state index contributed by atoms with van der Waals surface area (Å²) in [4.78, 5) is 4.43. The van der Waals surface area contributed by atoms with Crippen LogP contribution in [0.4, 0.5) is 0 Å². The molecule has 0 radical (unpaired) electrons. The van der Waals surface area contributed by atoms with Crippen molar-refractivity contribution in [2.24, 2.45) is 5.73 Å². The predicted octanol–water partition coefficient (Wildman–Crippen LogP) is 1.33. The van der Waals surface area contributed by atoms with Gasteiger partial charge in [-0.25, -0.2) is 4.98 Å². The molecule has 0 amide bonds. The Kier molecular flexibility index (Phi) is 3.82. The Morgan fingerprint density at radius 3 is 2.87 bits per heavy atom. The van der Waals surface area contributed by atoms with Gasteiger partial charge in [-0.1, -0.05) is 12.2 Å². The van der Waals surface area contributed by atoms with Gasteiger partial charge in [-0.05, 0) is 20.3 Å². The normalized spacial score (nSPS) is 11.7. The van der Waals surface area contributed by atoms with Crippen LogP contribution >= 0.6 is 12.2 Å². The molecule has 0 spiro atoms. The number of methoxy groups -OCH3 is 1. The number of aromatic nitrogens is 2. The van der Waals surface area contributed by atoms with Crippen LogP contribution in [0.5, 0.6) is 0 Å². The maximum absolute atomic E-state index is 5.55. The summed E-state index contributed by atoms with van der Waals surface area (Å²) in [6.07, 6.45) is 4.46. The molecule has 2 N–H and O–H groups in total. The fourth-order valence-electron chi connectivity index (χ4n) is 1.21.